The number of hydrogen-bond acceptors (Lipinski definition) is 9. The standard InChI is InChI=1S/C35H40O9/c1-20(2)23-14-13-22-11-9-21(10-12-22)7-6-8-28(37)41-31-29-27(44-35(3,4)32(31)43-33(23)38)16-15-24-26(19-36)25(17-18-40-5)34(39)42-30(24)29/h9-12,15-16,31-32,36H,6-8,13-14,17-19H2,1-5H3/t31-,32+/m1/s1. The molecular formula is C35H40O9. The van der Waals surface area contributed by atoms with E-state index in [1.54, 1.807) is 26.0 Å². The van der Waals surface area contributed by atoms with Gasteiger partial charge in [-0.3, -0.25) is 4.79 Å². The molecule has 3 aliphatic heterocycles. The van der Waals surface area contributed by atoms with Crippen LogP contribution in [-0.4, -0.2) is 42.5 Å². The number of carbonyl (C=O) groups excluding carboxylic acids is 2. The van der Waals surface area contributed by atoms with Crippen molar-refractivity contribution in [3.63, 3.8) is 0 Å². The van der Waals surface area contributed by atoms with Crippen LogP contribution in [0.2, 0.25) is 0 Å². The number of fused-ring (bicyclic) bond motifs is 13. The minimum absolute atomic E-state index is 0.114. The number of rotatable bonds is 4. The Hall–Kier alpha value is -3.95. The van der Waals surface area contributed by atoms with Gasteiger partial charge in [0.15, 0.2) is 12.2 Å². The van der Waals surface area contributed by atoms with Crippen molar-refractivity contribution in [1.29, 1.82) is 0 Å². The average molecular weight is 605 g/mol. The van der Waals surface area contributed by atoms with Gasteiger partial charge in [0.1, 0.15) is 16.9 Å². The van der Waals surface area contributed by atoms with Crippen molar-refractivity contribution in [1.82, 2.24) is 0 Å². The Bertz CT molecular complexity index is 1640. The number of esters is 2. The highest BCUT2D eigenvalue weighted by Crippen LogP contribution is 2.47. The molecule has 0 amide bonds. The van der Waals surface area contributed by atoms with Crippen LogP contribution in [-0.2, 0) is 49.7 Å². The van der Waals surface area contributed by atoms with Crippen LogP contribution in [0, 0.1) is 0 Å². The van der Waals surface area contributed by atoms with Gasteiger partial charge in [-0.2, -0.15) is 0 Å². The van der Waals surface area contributed by atoms with Crippen molar-refractivity contribution in [2.75, 3.05) is 13.7 Å². The van der Waals surface area contributed by atoms with Gasteiger partial charge in [-0.25, -0.2) is 9.59 Å². The SMILES string of the molecule is COCCc1c(CO)c2ccc3c(c2oc1=O)[C@H]1OC(=O)CCCc2ccc(cc2)CCC(=C(C)C)C(=O)O[C@@H]1C(C)(C)O3. The molecule has 1 aromatic heterocycles. The molecule has 234 valence electrons. The van der Waals surface area contributed by atoms with Gasteiger partial charge in [0.05, 0.1) is 18.8 Å². The summed E-state index contributed by atoms with van der Waals surface area (Å²) in [4.78, 5) is 40.4. The van der Waals surface area contributed by atoms with Crippen molar-refractivity contribution in [3.8, 4) is 5.75 Å². The van der Waals surface area contributed by atoms with Crippen LogP contribution in [0.5, 0.6) is 5.75 Å². The smallest absolute Gasteiger partial charge is 0.339 e. The summed E-state index contributed by atoms with van der Waals surface area (Å²) in [6, 6.07) is 11.6. The van der Waals surface area contributed by atoms with E-state index in [4.69, 9.17) is 23.4 Å². The number of carbonyl (C=O) groups is 2. The summed E-state index contributed by atoms with van der Waals surface area (Å²) in [6.07, 6.45) is 0.553. The highest BCUT2D eigenvalue weighted by Gasteiger charge is 2.50. The van der Waals surface area contributed by atoms with E-state index in [9.17, 15) is 19.5 Å². The maximum atomic E-state index is 13.8. The molecule has 3 aromatic rings. The molecule has 44 heavy (non-hydrogen) atoms. The quantitative estimate of drug-likeness (QED) is 0.235. The average Bonchev–Trinajstić information content (AvgIpc) is 2.97. The van der Waals surface area contributed by atoms with E-state index < -0.39 is 42.0 Å². The second kappa shape index (κ2) is 13.0. The molecule has 0 spiro atoms. The molecule has 1 N–H and O–H groups in total. The molecule has 6 rings (SSSR count). The summed E-state index contributed by atoms with van der Waals surface area (Å²) in [6.45, 7) is 7.12. The molecular weight excluding hydrogens is 564 g/mol. The summed E-state index contributed by atoms with van der Waals surface area (Å²) in [5.41, 5.74) is 2.91. The van der Waals surface area contributed by atoms with E-state index in [2.05, 4.69) is 12.1 Å². The third kappa shape index (κ3) is 6.30. The van der Waals surface area contributed by atoms with Crippen LogP contribution >= 0.6 is 0 Å². The summed E-state index contributed by atoms with van der Waals surface area (Å²) in [7, 11) is 1.53. The lowest BCUT2D eigenvalue weighted by atomic mass is 9.86. The van der Waals surface area contributed by atoms with E-state index in [1.165, 1.54) is 7.11 Å². The third-order valence-electron chi connectivity index (χ3n) is 8.49. The van der Waals surface area contributed by atoms with Gasteiger partial charge in [-0.15, -0.1) is 0 Å². The predicted molar refractivity (Wildman–Crippen MR) is 163 cm³/mol. The molecule has 0 saturated carbocycles. The lowest BCUT2D eigenvalue weighted by Gasteiger charge is -2.43. The van der Waals surface area contributed by atoms with Crippen molar-refractivity contribution < 1.29 is 38.1 Å². The Morgan fingerprint density at radius 1 is 0.932 bits per heavy atom. The Labute approximate surface area is 256 Å². The molecule has 0 radical (unpaired) electrons. The first kappa shape index (κ1) is 31.5. The lowest BCUT2D eigenvalue weighted by Crippen LogP contribution is -2.52. The van der Waals surface area contributed by atoms with Crippen LogP contribution in [0.1, 0.15) is 80.9 Å². The van der Waals surface area contributed by atoms with Gasteiger partial charge in [-0.05, 0) is 82.2 Å². The van der Waals surface area contributed by atoms with Gasteiger partial charge >= 0.3 is 17.6 Å². The molecule has 2 bridgehead atoms. The summed E-state index contributed by atoms with van der Waals surface area (Å²) >= 11 is 0. The highest BCUT2D eigenvalue weighted by atomic mass is 16.6. The Morgan fingerprint density at radius 3 is 2.30 bits per heavy atom. The van der Waals surface area contributed by atoms with E-state index >= 15 is 0 Å². The molecule has 9 nitrogen and oxygen atoms in total. The van der Waals surface area contributed by atoms with Crippen molar-refractivity contribution >= 4 is 22.9 Å². The summed E-state index contributed by atoms with van der Waals surface area (Å²) < 4.78 is 29.8. The lowest BCUT2D eigenvalue weighted by molar-refractivity contribution is -0.188. The fourth-order valence-electron chi connectivity index (χ4n) is 6.07. The minimum atomic E-state index is -1.14. The molecule has 3 aliphatic rings. The summed E-state index contributed by atoms with van der Waals surface area (Å²) in [5.74, 6) is -0.676. The van der Waals surface area contributed by atoms with Crippen LogP contribution in [0.4, 0.5) is 0 Å². The second-order valence-corrected chi connectivity index (χ2v) is 12.2. The number of aryl methyl sites for hydroxylation is 2. The first-order chi connectivity index (χ1) is 21.0. The predicted octanol–water partition coefficient (Wildman–Crippen LogP) is 5.45. The van der Waals surface area contributed by atoms with E-state index in [0.29, 0.717) is 53.5 Å². The monoisotopic (exact) mass is 604 g/mol. The highest BCUT2D eigenvalue weighted by molar-refractivity contribution is 5.90. The zero-order valence-corrected chi connectivity index (χ0v) is 26.0. The normalized spacial score (nSPS) is 20.4. The van der Waals surface area contributed by atoms with Crippen molar-refractivity contribution in [2.24, 2.45) is 0 Å². The third-order valence-corrected chi connectivity index (χ3v) is 8.49. The number of hydrogen-bond donors (Lipinski definition) is 1. The van der Waals surface area contributed by atoms with Crippen LogP contribution in [0.3, 0.4) is 0 Å². The van der Waals surface area contributed by atoms with Crippen LogP contribution in [0.25, 0.3) is 11.0 Å². The molecule has 4 heterocycles. The first-order valence-corrected chi connectivity index (χ1v) is 15.1. The minimum Gasteiger partial charge on any atom is -0.483 e. The van der Waals surface area contributed by atoms with E-state index in [1.807, 2.05) is 26.0 Å². The van der Waals surface area contributed by atoms with Gasteiger partial charge < -0.3 is 28.5 Å². The maximum absolute atomic E-state index is 13.8. The molecule has 0 saturated heterocycles. The van der Waals surface area contributed by atoms with Crippen molar-refractivity contribution in [2.45, 2.75) is 90.6 Å². The van der Waals surface area contributed by atoms with Crippen molar-refractivity contribution in [3.05, 3.63) is 85.8 Å². The first-order valence-electron chi connectivity index (χ1n) is 15.1. The van der Waals surface area contributed by atoms with Gasteiger partial charge in [0.25, 0.3) is 0 Å². The van der Waals surface area contributed by atoms with Gasteiger partial charge in [0.2, 0.25) is 0 Å². The largest absolute Gasteiger partial charge is 0.483 e. The topological polar surface area (TPSA) is 122 Å². The molecule has 2 aromatic carbocycles. The molecule has 2 atom stereocenters. The number of aliphatic hydroxyl groups is 1. The number of ether oxygens (including phenoxy) is 4. The fraction of sp³-hybridized carbons (Fsp3) is 0.457. The number of methoxy groups -OCH3 is 1. The number of benzene rings is 2. The van der Waals surface area contributed by atoms with E-state index in [-0.39, 0.29) is 30.6 Å². The van der Waals surface area contributed by atoms with E-state index in [0.717, 1.165) is 16.7 Å². The number of aliphatic hydroxyl groups excluding tert-OH is 1. The zero-order chi connectivity index (χ0) is 31.6. The Balaban J connectivity index is 1.66. The fourth-order valence-corrected chi connectivity index (χ4v) is 6.07. The molecule has 0 fully saturated rings. The molecule has 9 heteroatoms. The zero-order valence-electron chi connectivity index (χ0n) is 26.0. The van der Waals surface area contributed by atoms with Gasteiger partial charge in [-0.1, -0.05) is 29.8 Å². The maximum Gasteiger partial charge on any atom is 0.339 e. The summed E-state index contributed by atoms with van der Waals surface area (Å²) in [5, 5.41) is 10.8. The van der Waals surface area contributed by atoms with Crippen LogP contribution < -0.4 is 10.4 Å². The van der Waals surface area contributed by atoms with Crippen LogP contribution in [0.15, 0.2) is 56.8 Å². The van der Waals surface area contributed by atoms with Gasteiger partial charge in [0, 0.05) is 36.5 Å². The number of allylic oxidation sites excluding steroid dienone is 1. The molecule has 0 unspecified atom stereocenters. The second-order valence-electron chi connectivity index (χ2n) is 12.2. The Kier molecular flexibility index (Phi) is 9.27. The Morgan fingerprint density at radius 2 is 1.64 bits per heavy atom. The molecule has 0 aliphatic carbocycles.